The van der Waals surface area contributed by atoms with Crippen LogP contribution in [0, 0.1) is 11.8 Å². The number of aryl methyl sites for hydroxylation is 1. The largest absolute Gasteiger partial charge is 0.400 e. The lowest BCUT2D eigenvalue weighted by molar-refractivity contribution is -0.884. The number of aliphatic hydroxyl groups excluding tert-OH is 1. The van der Waals surface area contributed by atoms with E-state index in [9.17, 15) is 4.91 Å². The number of pyridine rings is 1. The van der Waals surface area contributed by atoms with Gasteiger partial charge in [0.1, 0.15) is 13.2 Å². The van der Waals surface area contributed by atoms with Crippen LogP contribution in [-0.4, -0.2) is 19.3 Å². The molecule has 0 aromatic carbocycles. The van der Waals surface area contributed by atoms with Gasteiger partial charge >= 0.3 is 5.15 Å². The van der Waals surface area contributed by atoms with Crippen molar-refractivity contribution in [3.05, 3.63) is 27.9 Å². The highest BCUT2D eigenvalue weighted by Crippen LogP contribution is 2.09. The number of hydrogen-bond acceptors (Lipinski definition) is 3. The molecule has 6 heteroatoms. The smallest absolute Gasteiger partial charge is 0.332 e. The molecule has 14 heavy (non-hydrogen) atoms. The van der Waals surface area contributed by atoms with Gasteiger partial charge in [0, 0.05) is 21.9 Å². The van der Waals surface area contributed by atoms with Crippen molar-refractivity contribution in [3.8, 4) is 0 Å². The highest BCUT2D eigenvalue weighted by Gasteiger charge is 2.17. The minimum atomic E-state index is 0.349. The summed E-state index contributed by atoms with van der Waals surface area (Å²) < 4.78 is 1.37. The first-order valence-electron chi connectivity index (χ1n) is 3.78. The van der Waals surface area contributed by atoms with E-state index in [-0.39, 0.29) is 0 Å². The van der Waals surface area contributed by atoms with Crippen LogP contribution in [0.5, 0.6) is 0 Å². The predicted octanol–water partition coefficient (Wildman–Crippen LogP) is -0.919. The van der Waals surface area contributed by atoms with Gasteiger partial charge in [0.05, 0.1) is 5.56 Å². The Morgan fingerprint density at radius 1 is 1.57 bits per heavy atom. The van der Waals surface area contributed by atoms with Gasteiger partial charge in [-0.05, 0) is 18.5 Å². The van der Waals surface area contributed by atoms with E-state index < -0.39 is 0 Å². The van der Waals surface area contributed by atoms with Crippen LogP contribution in [0.2, 0.25) is 5.15 Å². The molecule has 0 aliphatic carbocycles. The van der Waals surface area contributed by atoms with Crippen molar-refractivity contribution in [2.45, 2.75) is 6.92 Å². The van der Waals surface area contributed by atoms with Crippen molar-refractivity contribution >= 4 is 17.3 Å². The number of nitrogens with one attached hydrogen (secondary N) is 1. The summed E-state index contributed by atoms with van der Waals surface area (Å²) in [4.78, 5) is 15.2. The molecule has 1 heterocycles. The highest BCUT2D eigenvalue weighted by molar-refractivity contribution is 6.28. The normalized spacial score (nSPS) is 8.64. The number of aromatic nitrogens is 1. The minimum Gasteiger partial charge on any atom is -0.400 e. The zero-order valence-corrected chi connectivity index (χ0v) is 9.00. The van der Waals surface area contributed by atoms with Crippen LogP contribution < -0.4 is 14.7 Å². The summed E-state index contributed by atoms with van der Waals surface area (Å²) >= 11 is 5.74. The quantitative estimate of drug-likeness (QED) is 0.501. The zero-order valence-electron chi connectivity index (χ0n) is 8.24. The van der Waals surface area contributed by atoms with Crippen molar-refractivity contribution in [1.29, 1.82) is 0 Å². The Bertz CT molecular complexity index is 318. The van der Waals surface area contributed by atoms with Crippen LogP contribution in [0.15, 0.2) is 12.3 Å². The van der Waals surface area contributed by atoms with Crippen molar-refractivity contribution in [2.75, 3.05) is 14.2 Å². The van der Waals surface area contributed by atoms with Crippen LogP contribution in [-0.2, 0) is 0 Å². The van der Waals surface area contributed by atoms with E-state index in [0.717, 1.165) is 12.7 Å². The highest BCUT2D eigenvalue weighted by atomic mass is 35.5. The maximum Gasteiger partial charge on any atom is 0.332 e. The van der Waals surface area contributed by atoms with Crippen molar-refractivity contribution in [2.24, 2.45) is 0 Å². The summed E-state index contributed by atoms with van der Waals surface area (Å²) in [5, 5.41) is 9.13. The molecule has 5 nitrogen and oxygen atoms in total. The maximum absolute atomic E-state index is 10.3. The predicted molar refractivity (Wildman–Crippen MR) is 51.0 cm³/mol. The van der Waals surface area contributed by atoms with E-state index in [1.807, 2.05) is 0 Å². The molecule has 0 aliphatic rings. The van der Waals surface area contributed by atoms with Crippen LogP contribution >= 0.6 is 11.6 Å². The third-order valence-electron chi connectivity index (χ3n) is 1.52. The van der Waals surface area contributed by atoms with Crippen molar-refractivity contribution in [3.63, 3.8) is 0 Å². The zero-order chi connectivity index (χ0) is 11.1. The van der Waals surface area contributed by atoms with E-state index in [0.29, 0.717) is 10.8 Å². The molecule has 0 saturated carbocycles. The molecule has 1 aromatic heterocycles. The lowest BCUT2D eigenvalue weighted by Gasteiger charge is -1.93. The number of nitrogens with zero attached hydrogens (tertiary/aromatic N) is 1. The van der Waals surface area contributed by atoms with Crippen LogP contribution in [0.1, 0.15) is 5.56 Å². The van der Waals surface area contributed by atoms with Crippen molar-refractivity contribution < 1.29 is 19.9 Å². The first-order chi connectivity index (χ1) is 6.69. The molecular weight excluding hydrogens is 208 g/mol. The van der Waals surface area contributed by atoms with Crippen LogP contribution in [0.25, 0.3) is 0 Å². The summed E-state index contributed by atoms with van der Waals surface area (Å²) in [6, 6.07) is 1.51. The number of halogens is 1. The summed E-state index contributed by atoms with van der Waals surface area (Å²) in [6.07, 6.45) is 1.63. The van der Waals surface area contributed by atoms with Gasteiger partial charge < -0.3 is 5.11 Å². The van der Waals surface area contributed by atoms with Gasteiger partial charge in [0.2, 0.25) is 6.20 Å². The maximum atomic E-state index is 10.3. The standard InChI is InChI=1S/C7H8ClN2O2.CH4O/c1-5-4-10(12-2)7(8)3-6(5)9-11;1-2/h3-4H,1-2H3;2H,1H3/q+1;/p+1. The molecule has 0 spiro atoms. The topological polar surface area (TPSA) is 64.4 Å². The van der Waals surface area contributed by atoms with E-state index in [1.165, 1.54) is 17.9 Å². The second-order valence-corrected chi connectivity index (χ2v) is 2.69. The molecule has 0 fully saturated rings. The number of hydrogen-bond donors (Lipinski definition) is 2. The van der Waals surface area contributed by atoms with Gasteiger partial charge in [-0.25, -0.2) is 0 Å². The van der Waals surface area contributed by atoms with E-state index in [2.05, 4.69) is 0 Å². The molecular formula is C8H13ClN2O3+2. The Kier molecular flexibility index (Phi) is 5.74. The fourth-order valence-electron chi connectivity index (χ4n) is 0.854. The Balaban J connectivity index is 0.000000791. The van der Waals surface area contributed by atoms with Gasteiger partial charge in [-0.15, -0.1) is 0 Å². The Morgan fingerprint density at radius 3 is 2.57 bits per heavy atom. The molecule has 0 aliphatic heterocycles. The molecule has 0 bridgehead atoms. The van der Waals surface area contributed by atoms with Gasteiger partial charge in [-0.2, -0.15) is 0 Å². The van der Waals surface area contributed by atoms with Gasteiger partial charge in [0.25, 0.3) is 5.69 Å². The van der Waals surface area contributed by atoms with Gasteiger partial charge in [0.15, 0.2) is 0 Å². The first-order valence-corrected chi connectivity index (χ1v) is 4.16. The number of nitroso groups, excluding NO2 is 1. The van der Waals surface area contributed by atoms with E-state index in [1.54, 1.807) is 18.3 Å². The van der Waals surface area contributed by atoms with Crippen molar-refractivity contribution in [1.82, 2.24) is 0 Å². The summed E-state index contributed by atoms with van der Waals surface area (Å²) in [6.45, 7) is 1.78. The first kappa shape index (κ1) is 12.8. The second-order valence-electron chi connectivity index (χ2n) is 2.30. The second kappa shape index (κ2) is 6.28. The Morgan fingerprint density at radius 2 is 2.14 bits per heavy atom. The van der Waals surface area contributed by atoms with Gasteiger partial charge in [-0.3, -0.25) is 4.84 Å². The third-order valence-corrected chi connectivity index (χ3v) is 1.79. The molecule has 2 N–H and O–H groups in total. The lowest BCUT2D eigenvalue weighted by atomic mass is 10.3. The Labute approximate surface area is 86.8 Å². The summed E-state index contributed by atoms with van der Waals surface area (Å²) in [7, 11) is 2.50. The molecule has 0 unspecified atom stereocenters. The molecule has 1 aromatic rings. The summed E-state index contributed by atoms with van der Waals surface area (Å²) in [5.74, 6) is 0. The molecule has 0 saturated heterocycles. The fraction of sp³-hybridized carbons (Fsp3) is 0.375. The van der Waals surface area contributed by atoms with Crippen LogP contribution in [0.3, 0.4) is 0 Å². The molecule has 0 amide bonds. The lowest BCUT2D eigenvalue weighted by Crippen LogP contribution is -2.57. The Hall–Kier alpha value is -1.20. The molecule has 0 radical (unpaired) electrons. The monoisotopic (exact) mass is 220 g/mol. The molecule has 1 rings (SSSR count). The van der Waals surface area contributed by atoms with Crippen LogP contribution in [0.4, 0.5) is 5.69 Å². The number of aliphatic hydroxyl groups is 1. The summed E-state index contributed by atoms with van der Waals surface area (Å²) in [5.41, 5.74) is 1.23. The minimum absolute atomic E-state index is 0.349. The average Bonchev–Trinajstić information content (AvgIpc) is 2.23. The molecule has 78 valence electrons. The van der Waals surface area contributed by atoms with E-state index >= 15 is 0 Å². The van der Waals surface area contributed by atoms with E-state index in [4.69, 9.17) is 21.5 Å². The third kappa shape index (κ3) is 2.93. The average molecular weight is 221 g/mol. The number of rotatable bonds is 2. The SMILES string of the molecule is CO.CO[n+]1cc(C)c([NH+]=O)cc1Cl. The fourth-order valence-corrected chi connectivity index (χ4v) is 1.08. The van der Waals surface area contributed by atoms with Gasteiger partial charge in [-0.1, -0.05) is 0 Å². The molecule has 0 atom stereocenters.